The molecule has 0 amide bonds. The van der Waals surface area contributed by atoms with Crippen molar-refractivity contribution in [1.82, 2.24) is 0 Å². The van der Waals surface area contributed by atoms with Crippen LogP contribution in [0, 0.1) is 6.92 Å². The van der Waals surface area contributed by atoms with Gasteiger partial charge in [-0.15, -0.1) is 0 Å². The fourth-order valence-electron chi connectivity index (χ4n) is 10.8. The average Bonchev–Trinajstić information content (AvgIpc) is 3.73. The molecule has 3 nitrogen and oxygen atoms in total. The molecule has 0 fully saturated rings. The number of anilines is 5. The number of para-hydroxylation sites is 1. The van der Waals surface area contributed by atoms with E-state index in [1.165, 1.54) is 83.5 Å². The lowest BCUT2D eigenvalue weighted by Gasteiger charge is -2.46. The number of rotatable bonds is 5. The molecule has 4 heteroatoms. The fourth-order valence-corrected chi connectivity index (χ4v) is 10.8. The Kier molecular flexibility index (Phi) is 9.32. The molecule has 2 aliphatic heterocycles. The van der Waals surface area contributed by atoms with Crippen LogP contribution in [0.5, 0.6) is 0 Å². The molecule has 9 aromatic carbocycles. The Balaban J connectivity index is 1.26. The fraction of sp³-hybridized carbons (Fsp3) is 0.143. The molecular formula is C63H53BN2O. The van der Waals surface area contributed by atoms with Crippen LogP contribution < -0.4 is 20.6 Å². The summed E-state index contributed by atoms with van der Waals surface area (Å²) in [6.45, 7) is 15.9. The van der Waals surface area contributed by atoms with Crippen molar-refractivity contribution in [2.75, 3.05) is 9.71 Å². The third-order valence-electron chi connectivity index (χ3n) is 14.3. The smallest absolute Gasteiger partial charge is 0.333 e. The first kappa shape index (κ1) is 40.9. The monoisotopic (exact) mass is 864 g/mol. The summed E-state index contributed by atoms with van der Waals surface area (Å²) in [6.07, 6.45) is 0. The Morgan fingerprint density at radius 3 is 1.82 bits per heavy atom. The van der Waals surface area contributed by atoms with Crippen molar-refractivity contribution in [3.63, 3.8) is 0 Å². The van der Waals surface area contributed by atoms with Gasteiger partial charge >= 0.3 is 6.85 Å². The Labute approximate surface area is 395 Å². The highest BCUT2D eigenvalue weighted by Crippen LogP contribution is 2.53. The number of benzene rings is 9. The topological polar surface area (TPSA) is 19.6 Å². The second-order valence-corrected chi connectivity index (χ2v) is 20.6. The van der Waals surface area contributed by atoms with Gasteiger partial charge in [0, 0.05) is 33.6 Å². The highest BCUT2D eigenvalue weighted by molar-refractivity contribution is 6.94. The first-order chi connectivity index (χ1) is 32.4. The third kappa shape index (κ3) is 6.64. The van der Waals surface area contributed by atoms with Crippen LogP contribution in [-0.2, 0) is 10.8 Å². The van der Waals surface area contributed by atoms with Crippen LogP contribution in [0.1, 0.15) is 58.2 Å². The number of aryl methyl sites for hydroxylation is 1. The van der Waals surface area contributed by atoms with Gasteiger partial charge in [0.1, 0.15) is 11.2 Å². The van der Waals surface area contributed by atoms with E-state index in [9.17, 15) is 0 Å². The van der Waals surface area contributed by atoms with Gasteiger partial charge in [0.2, 0.25) is 0 Å². The maximum absolute atomic E-state index is 6.82. The van der Waals surface area contributed by atoms with Crippen molar-refractivity contribution in [1.29, 1.82) is 0 Å². The van der Waals surface area contributed by atoms with Crippen molar-refractivity contribution < 1.29 is 4.42 Å². The molecule has 0 saturated carbocycles. The van der Waals surface area contributed by atoms with E-state index in [2.05, 4.69) is 252 Å². The molecule has 0 radical (unpaired) electrons. The summed E-state index contributed by atoms with van der Waals surface area (Å²) in [5.41, 5.74) is 23.5. The van der Waals surface area contributed by atoms with Crippen LogP contribution in [0.3, 0.4) is 0 Å². The second kappa shape index (κ2) is 15.3. The quantitative estimate of drug-likeness (QED) is 0.161. The maximum atomic E-state index is 6.82. The van der Waals surface area contributed by atoms with Crippen LogP contribution in [0.25, 0.3) is 66.4 Å². The zero-order valence-electron chi connectivity index (χ0n) is 39.4. The minimum absolute atomic E-state index is 0.00936. The van der Waals surface area contributed by atoms with E-state index < -0.39 is 0 Å². The Morgan fingerprint density at radius 2 is 1.09 bits per heavy atom. The van der Waals surface area contributed by atoms with E-state index in [0.29, 0.717) is 0 Å². The first-order valence-electron chi connectivity index (χ1n) is 23.7. The summed E-state index contributed by atoms with van der Waals surface area (Å²) in [5, 5.41) is 2.22. The number of hydrogen-bond donors (Lipinski definition) is 0. The molecule has 1 aromatic heterocycles. The average molecular weight is 865 g/mol. The van der Waals surface area contributed by atoms with Crippen LogP contribution in [0.2, 0.25) is 0 Å². The van der Waals surface area contributed by atoms with E-state index in [4.69, 9.17) is 4.42 Å². The molecule has 12 rings (SSSR count). The molecular weight excluding hydrogens is 812 g/mol. The van der Waals surface area contributed by atoms with Crippen LogP contribution in [0.15, 0.2) is 199 Å². The van der Waals surface area contributed by atoms with Crippen molar-refractivity contribution in [2.24, 2.45) is 0 Å². The predicted molar refractivity (Wildman–Crippen MR) is 286 cm³/mol. The molecule has 0 bridgehead atoms. The van der Waals surface area contributed by atoms with E-state index in [0.717, 1.165) is 39.0 Å². The van der Waals surface area contributed by atoms with E-state index >= 15 is 0 Å². The highest BCUT2D eigenvalue weighted by atomic mass is 16.3. The minimum atomic E-state index is -0.187. The molecule has 0 atom stereocenters. The molecule has 67 heavy (non-hydrogen) atoms. The van der Waals surface area contributed by atoms with Gasteiger partial charge in [-0.1, -0.05) is 181 Å². The van der Waals surface area contributed by atoms with Gasteiger partial charge in [-0.3, -0.25) is 0 Å². The summed E-state index contributed by atoms with van der Waals surface area (Å²) < 4.78 is 6.82. The number of hydrogen-bond acceptors (Lipinski definition) is 3. The Hall–Kier alpha value is -7.56. The lowest BCUT2D eigenvalue weighted by molar-refractivity contribution is 0.590. The van der Waals surface area contributed by atoms with E-state index in [1.54, 1.807) is 0 Å². The Bertz CT molecular complexity index is 3560. The van der Waals surface area contributed by atoms with Gasteiger partial charge in [0.25, 0.3) is 0 Å². The first-order valence-corrected chi connectivity index (χ1v) is 23.7. The number of fused-ring (bicyclic) bond motifs is 8. The SMILES string of the molecule is Cc1ccccc1-c1cc2c3c(c1)N(c1ccc(C(C)(C)C)cc1-c1ccccc1)c1c(ccc4oc5ccccc5c14)B3N(c1ccc(C(C)(C)C)cc1)c1cc(-c3ccccc3)ccc1-2. The lowest BCUT2D eigenvalue weighted by Crippen LogP contribution is -2.61. The van der Waals surface area contributed by atoms with Gasteiger partial charge in [-0.2, -0.15) is 0 Å². The molecule has 0 spiro atoms. The summed E-state index contributed by atoms with van der Waals surface area (Å²) in [7, 11) is 0. The van der Waals surface area contributed by atoms with Crippen molar-refractivity contribution in [3.05, 3.63) is 211 Å². The summed E-state index contributed by atoms with van der Waals surface area (Å²) in [4.78, 5) is 5.24. The molecule has 3 heterocycles. The molecule has 324 valence electrons. The standard InChI is InChI=1S/C63H53BN2O/c1-40-18-14-15-23-48(40)44-36-52-49-32-26-43(41-19-10-8-11-20-41)37-55(49)66(47-30-27-45(28-31-47)62(2,3)4)64-53-33-35-58-59(50-24-16-17-25-57(50)67-58)61(53)65(56(38-44)60(52)64)54-34-29-46(63(5,6)7)39-51(54)42-21-12-9-13-22-42/h8-39H,1-7H3. The number of furan rings is 1. The van der Waals surface area contributed by atoms with Crippen molar-refractivity contribution in [2.45, 2.75) is 59.3 Å². The highest BCUT2D eigenvalue weighted by Gasteiger charge is 2.47. The zero-order chi connectivity index (χ0) is 45.8. The number of nitrogens with zero attached hydrogens (tertiary/aromatic N) is 2. The summed E-state index contributed by atoms with van der Waals surface area (Å²) >= 11 is 0. The molecule has 0 saturated heterocycles. The molecule has 10 aromatic rings. The van der Waals surface area contributed by atoms with Crippen LogP contribution in [-0.4, -0.2) is 6.85 Å². The predicted octanol–water partition coefficient (Wildman–Crippen LogP) is 16.2. The van der Waals surface area contributed by atoms with Gasteiger partial charge < -0.3 is 14.1 Å². The third-order valence-corrected chi connectivity index (χ3v) is 14.3. The van der Waals surface area contributed by atoms with Gasteiger partial charge in [-0.05, 0) is 133 Å². The van der Waals surface area contributed by atoms with Crippen molar-refractivity contribution >= 4 is 68.1 Å². The zero-order valence-corrected chi connectivity index (χ0v) is 39.4. The molecule has 2 aliphatic rings. The summed E-state index contributed by atoms with van der Waals surface area (Å²) in [6, 6.07) is 72.4. The van der Waals surface area contributed by atoms with Gasteiger partial charge in [0.05, 0.1) is 16.8 Å². The normalized spacial score (nSPS) is 13.2. The van der Waals surface area contributed by atoms with E-state index in [-0.39, 0.29) is 17.7 Å². The largest absolute Gasteiger partial charge is 0.456 e. The molecule has 0 aliphatic carbocycles. The van der Waals surface area contributed by atoms with Crippen LogP contribution in [0.4, 0.5) is 28.4 Å². The lowest BCUT2D eigenvalue weighted by atomic mass is 9.43. The molecule has 0 unspecified atom stereocenters. The van der Waals surface area contributed by atoms with Gasteiger partial charge in [-0.25, -0.2) is 0 Å². The van der Waals surface area contributed by atoms with E-state index in [1.807, 2.05) is 0 Å². The van der Waals surface area contributed by atoms with Gasteiger partial charge in [0.15, 0.2) is 0 Å². The maximum Gasteiger partial charge on any atom is 0.333 e. The summed E-state index contributed by atoms with van der Waals surface area (Å²) in [5.74, 6) is 0. The Morgan fingerprint density at radius 1 is 0.433 bits per heavy atom. The van der Waals surface area contributed by atoms with Crippen molar-refractivity contribution in [3.8, 4) is 44.5 Å². The minimum Gasteiger partial charge on any atom is -0.456 e. The van der Waals surface area contributed by atoms with Crippen LogP contribution >= 0.6 is 0 Å². The molecule has 0 N–H and O–H groups in total. The second-order valence-electron chi connectivity index (χ2n) is 20.6.